The first-order valence-electron chi connectivity index (χ1n) is 11.9. The van der Waals surface area contributed by atoms with Gasteiger partial charge in [0.05, 0.1) is 6.54 Å². The lowest BCUT2D eigenvalue weighted by Gasteiger charge is -2.26. The van der Waals surface area contributed by atoms with Crippen molar-refractivity contribution in [1.29, 1.82) is 0 Å². The van der Waals surface area contributed by atoms with Crippen LogP contribution >= 0.6 is 0 Å². The van der Waals surface area contributed by atoms with Crippen LogP contribution in [-0.2, 0) is 20.9 Å². The summed E-state index contributed by atoms with van der Waals surface area (Å²) in [4.78, 5) is 37.0. The van der Waals surface area contributed by atoms with Gasteiger partial charge in [0, 0.05) is 29.6 Å². The van der Waals surface area contributed by atoms with Crippen LogP contribution in [0.4, 0.5) is 10.5 Å². The molecule has 0 radical (unpaired) electrons. The van der Waals surface area contributed by atoms with Crippen LogP contribution in [0.1, 0.15) is 73.1 Å². The molecule has 36 heavy (non-hydrogen) atoms. The van der Waals surface area contributed by atoms with E-state index in [0.717, 1.165) is 0 Å². The van der Waals surface area contributed by atoms with E-state index in [9.17, 15) is 14.4 Å². The van der Waals surface area contributed by atoms with Crippen molar-refractivity contribution < 1.29 is 24.2 Å². The lowest BCUT2D eigenvalue weighted by Crippen LogP contribution is -2.37. The Morgan fingerprint density at radius 2 is 1.53 bits per heavy atom. The van der Waals surface area contributed by atoms with Crippen molar-refractivity contribution >= 4 is 23.7 Å². The van der Waals surface area contributed by atoms with Crippen LogP contribution < -0.4 is 5.32 Å². The van der Waals surface area contributed by atoms with Gasteiger partial charge in [-0.3, -0.25) is 9.59 Å². The normalized spacial score (nSPS) is 11.6. The highest BCUT2D eigenvalue weighted by molar-refractivity contribution is 5.94. The van der Waals surface area contributed by atoms with E-state index < -0.39 is 23.1 Å². The highest BCUT2D eigenvalue weighted by atomic mass is 16.6. The van der Waals surface area contributed by atoms with Gasteiger partial charge in [-0.25, -0.2) is 4.79 Å². The second kappa shape index (κ2) is 12.4. The summed E-state index contributed by atoms with van der Waals surface area (Å²) in [5.41, 5.74) is 0.167. The fourth-order valence-corrected chi connectivity index (χ4v) is 2.94. The van der Waals surface area contributed by atoms with Crippen LogP contribution in [0.15, 0.2) is 24.3 Å². The third-order valence-corrected chi connectivity index (χ3v) is 4.91. The first-order chi connectivity index (χ1) is 16.7. The van der Waals surface area contributed by atoms with Gasteiger partial charge in [0.1, 0.15) is 5.60 Å². The molecule has 1 heterocycles. The molecule has 0 fully saturated rings. The zero-order valence-corrected chi connectivity index (χ0v) is 21.9. The van der Waals surface area contributed by atoms with E-state index in [1.165, 1.54) is 4.90 Å². The van der Waals surface area contributed by atoms with E-state index >= 15 is 0 Å². The number of carbonyl (C=O) groups is 3. The number of rotatable bonds is 10. The molecule has 11 heteroatoms. The zero-order chi connectivity index (χ0) is 26.9. The van der Waals surface area contributed by atoms with Crippen LogP contribution in [0.3, 0.4) is 0 Å². The van der Waals surface area contributed by atoms with Crippen LogP contribution in [0.5, 0.6) is 0 Å². The number of aromatic nitrogens is 4. The molecule has 2 rings (SSSR count). The Morgan fingerprint density at radius 3 is 2.06 bits per heavy atom. The molecule has 196 valence electrons. The van der Waals surface area contributed by atoms with Crippen LogP contribution in [0, 0.1) is 5.41 Å². The van der Waals surface area contributed by atoms with Gasteiger partial charge in [-0.15, -0.1) is 20.4 Å². The molecule has 0 saturated heterocycles. The van der Waals surface area contributed by atoms with Crippen molar-refractivity contribution in [2.75, 3.05) is 11.9 Å². The average Bonchev–Trinajstić information content (AvgIpc) is 2.77. The Bertz CT molecular complexity index is 1030. The predicted molar refractivity (Wildman–Crippen MR) is 134 cm³/mol. The van der Waals surface area contributed by atoms with E-state index in [1.807, 2.05) is 20.8 Å². The summed E-state index contributed by atoms with van der Waals surface area (Å²) in [6.07, 6.45) is 1.39. The first-order valence-corrected chi connectivity index (χ1v) is 11.9. The Hall–Kier alpha value is -3.63. The molecule has 2 N–H and O–H groups in total. The Morgan fingerprint density at radius 1 is 0.917 bits per heavy atom. The lowest BCUT2D eigenvalue weighted by atomic mass is 9.95. The molecule has 0 spiro atoms. The highest BCUT2D eigenvalue weighted by Gasteiger charge is 2.24. The van der Waals surface area contributed by atoms with Crippen molar-refractivity contribution in [2.24, 2.45) is 5.41 Å². The molecule has 2 aromatic rings. The molecule has 1 aromatic carbocycles. The number of nitrogens with zero attached hydrogens (tertiary/aromatic N) is 5. The molecular formula is C25H36N6O5. The number of ether oxygens (including phenoxy) is 1. The number of unbranched alkanes of at least 4 members (excludes halogenated alkanes) is 2. The molecule has 11 nitrogen and oxygen atoms in total. The minimum atomic E-state index is -0.839. The van der Waals surface area contributed by atoms with Gasteiger partial charge in [0.15, 0.2) is 5.82 Å². The largest absolute Gasteiger partial charge is 0.481 e. The Labute approximate surface area is 211 Å². The van der Waals surface area contributed by atoms with Gasteiger partial charge in [-0.05, 0) is 57.9 Å². The molecule has 0 aliphatic heterocycles. The molecule has 0 bridgehead atoms. The van der Waals surface area contributed by atoms with Gasteiger partial charge in [-0.2, -0.15) is 0 Å². The Kier molecular flexibility index (Phi) is 9.83. The first kappa shape index (κ1) is 28.6. The maximum absolute atomic E-state index is 12.7. The number of amides is 2. The molecular weight excluding hydrogens is 464 g/mol. The summed E-state index contributed by atoms with van der Waals surface area (Å²) in [5, 5.41) is 28.2. The summed E-state index contributed by atoms with van der Waals surface area (Å²) in [6.45, 7) is 11.3. The number of carboxylic acid groups (broad SMARTS) is 1. The fourth-order valence-electron chi connectivity index (χ4n) is 2.94. The molecule has 1 aromatic heterocycles. The SMILES string of the molecule is CC(C)(C)OC(=O)N(CCCCCC(=O)O)Cc1nnc(-c2ccc(NC(=O)C(C)(C)C)cc2)nn1. The van der Waals surface area contributed by atoms with Crippen molar-refractivity contribution in [3.63, 3.8) is 0 Å². The smallest absolute Gasteiger partial charge is 0.410 e. The summed E-state index contributed by atoms with van der Waals surface area (Å²) in [6, 6.07) is 7.04. The maximum Gasteiger partial charge on any atom is 0.410 e. The quantitative estimate of drug-likeness (QED) is 0.455. The fraction of sp³-hybridized carbons (Fsp3) is 0.560. The number of benzene rings is 1. The van der Waals surface area contributed by atoms with Crippen molar-refractivity contribution in [1.82, 2.24) is 25.3 Å². The third-order valence-electron chi connectivity index (χ3n) is 4.91. The third kappa shape index (κ3) is 9.93. The maximum atomic E-state index is 12.7. The lowest BCUT2D eigenvalue weighted by molar-refractivity contribution is -0.137. The van der Waals surface area contributed by atoms with Crippen molar-refractivity contribution in [3.8, 4) is 11.4 Å². The second-order valence-electron chi connectivity index (χ2n) is 10.5. The van der Waals surface area contributed by atoms with Crippen LogP contribution in [0.25, 0.3) is 11.4 Å². The van der Waals surface area contributed by atoms with Crippen LogP contribution in [-0.4, -0.2) is 60.5 Å². The summed E-state index contributed by atoms with van der Waals surface area (Å²) in [5.74, 6) is -0.362. The van der Waals surface area contributed by atoms with Gasteiger partial charge in [-0.1, -0.05) is 27.2 Å². The van der Waals surface area contributed by atoms with Gasteiger partial charge >= 0.3 is 12.1 Å². The summed E-state index contributed by atoms with van der Waals surface area (Å²) < 4.78 is 5.49. The predicted octanol–water partition coefficient (Wildman–Crippen LogP) is 4.30. The zero-order valence-electron chi connectivity index (χ0n) is 21.9. The standard InChI is InChI=1S/C25H36N6O5/c1-24(2,3)22(34)26-18-13-11-17(12-14-18)21-29-27-19(28-30-21)16-31(23(35)36-25(4,5)6)15-9-7-8-10-20(32)33/h11-14H,7-10,15-16H2,1-6H3,(H,26,34)(H,32,33). The average molecular weight is 501 g/mol. The van der Waals surface area contributed by atoms with Crippen molar-refractivity contribution in [2.45, 2.75) is 79.4 Å². The minimum Gasteiger partial charge on any atom is -0.481 e. The van der Waals surface area contributed by atoms with Gasteiger partial charge in [0.2, 0.25) is 11.7 Å². The second-order valence-corrected chi connectivity index (χ2v) is 10.5. The van der Waals surface area contributed by atoms with Gasteiger partial charge in [0.25, 0.3) is 0 Å². The number of carbonyl (C=O) groups excluding carboxylic acids is 2. The molecule has 0 aliphatic rings. The van der Waals surface area contributed by atoms with E-state index in [-0.39, 0.29) is 24.7 Å². The van der Waals surface area contributed by atoms with Crippen molar-refractivity contribution in [3.05, 3.63) is 30.1 Å². The topological polar surface area (TPSA) is 148 Å². The molecule has 0 saturated carbocycles. The number of nitrogens with one attached hydrogen (secondary N) is 1. The number of carboxylic acids is 1. The van der Waals surface area contributed by atoms with E-state index in [2.05, 4.69) is 25.7 Å². The van der Waals surface area contributed by atoms with E-state index in [1.54, 1.807) is 45.0 Å². The molecule has 0 atom stereocenters. The minimum absolute atomic E-state index is 0.0614. The highest BCUT2D eigenvalue weighted by Crippen LogP contribution is 2.20. The molecule has 0 unspecified atom stereocenters. The summed E-state index contributed by atoms with van der Waals surface area (Å²) >= 11 is 0. The van der Waals surface area contributed by atoms with Crippen LogP contribution in [0.2, 0.25) is 0 Å². The number of hydrogen-bond donors (Lipinski definition) is 2. The number of aliphatic carboxylic acids is 1. The monoisotopic (exact) mass is 500 g/mol. The van der Waals surface area contributed by atoms with E-state index in [4.69, 9.17) is 9.84 Å². The van der Waals surface area contributed by atoms with Gasteiger partial charge < -0.3 is 20.1 Å². The number of anilines is 1. The molecule has 2 amide bonds. The number of hydrogen-bond acceptors (Lipinski definition) is 8. The Balaban J connectivity index is 2.04. The molecule has 0 aliphatic carbocycles. The van der Waals surface area contributed by atoms with E-state index in [0.29, 0.717) is 42.9 Å². The summed E-state index contributed by atoms with van der Waals surface area (Å²) in [7, 11) is 0.